The van der Waals surface area contributed by atoms with E-state index in [1.807, 2.05) is 0 Å². The second-order valence-corrected chi connectivity index (χ2v) is 4.74. The molecule has 92 valence electrons. The second kappa shape index (κ2) is 3.45. The van der Waals surface area contributed by atoms with Gasteiger partial charge in [0.05, 0.1) is 11.7 Å². The summed E-state index contributed by atoms with van der Waals surface area (Å²) in [7, 11) is 0. The number of halogens is 3. The molecule has 1 aromatic rings. The van der Waals surface area contributed by atoms with Crippen molar-refractivity contribution < 1.29 is 17.9 Å². The first-order chi connectivity index (χ1) is 8.00. The normalized spacial score (nSPS) is 32.1. The van der Waals surface area contributed by atoms with Crippen LogP contribution in [0.4, 0.5) is 13.2 Å². The number of pyridine rings is 1. The number of aromatic nitrogens is 1. The van der Waals surface area contributed by atoms with Gasteiger partial charge in [0, 0.05) is 6.20 Å². The lowest BCUT2D eigenvalue weighted by molar-refractivity contribution is -0.141. The van der Waals surface area contributed by atoms with Crippen molar-refractivity contribution in [2.45, 2.75) is 43.6 Å². The van der Waals surface area contributed by atoms with Crippen LogP contribution in [0.3, 0.4) is 0 Å². The summed E-state index contributed by atoms with van der Waals surface area (Å²) >= 11 is 0. The van der Waals surface area contributed by atoms with Crippen LogP contribution in [0, 0.1) is 0 Å². The highest BCUT2D eigenvalue weighted by Crippen LogP contribution is 2.50. The van der Waals surface area contributed by atoms with Gasteiger partial charge in [-0.05, 0) is 43.4 Å². The molecule has 0 aliphatic carbocycles. The molecule has 3 heterocycles. The lowest BCUT2D eigenvalue weighted by Gasteiger charge is -2.25. The molecule has 0 amide bonds. The van der Waals surface area contributed by atoms with Gasteiger partial charge in [-0.2, -0.15) is 13.2 Å². The number of ether oxygens (including phenoxy) is 1. The van der Waals surface area contributed by atoms with Gasteiger partial charge in [0.2, 0.25) is 0 Å². The molecule has 3 rings (SSSR count). The summed E-state index contributed by atoms with van der Waals surface area (Å²) in [5, 5.41) is 0. The molecule has 2 fully saturated rings. The molecule has 2 aliphatic rings. The molecule has 5 heteroatoms. The number of rotatable bonds is 1. The standard InChI is InChI=1S/C12H12F3NO/c13-12(14,15)10-7-8(3-6-16-10)11-4-1-9(17-11)2-5-11/h3,6-7,9H,1-2,4-5H2. The Morgan fingerprint density at radius 3 is 2.53 bits per heavy atom. The summed E-state index contributed by atoms with van der Waals surface area (Å²) in [6.45, 7) is 0. The van der Waals surface area contributed by atoms with Crippen molar-refractivity contribution in [3.8, 4) is 0 Å². The fourth-order valence-corrected chi connectivity index (χ4v) is 2.84. The van der Waals surface area contributed by atoms with Gasteiger partial charge in [0.25, 0.3) is 0 Å². The van der Waals surface area contributed by atoms with Crippen molar-refractivity contribution in [2.24, 2.45) is 0 Å². The Bertz CT molecular complexity index is 436. The van der Waals surface area contributed by atoms with Gasteiger partial charge in [0.15, 0.2) is 0 Å². The predicted molar refractivity (Wildman–Crippen MR) is 54.3 cm³/mol. The molecule has 0 saturated carbocycles. The van der Waals surface area contributed by atoms with Crippen molar-refractivity contribution in [3.63, 3.8) is 0 Å². The summed E-state index contributed by atoms with van der Waals surface area (Å²) in [6.07, 6.45) is 0.605. The molecule has 2 aliphatic heterocycles. The summed E-state index contributed by atoms with van der Waals surface area (Å²) in [5.41, 5.74) is -0.684. The van der Waals surface area contributed by atoms with E-state index >= 15 is 0 Å². The fourth-order valence-electron chi connectivity index (χ4n) is 2.84. The van der Waals surface area contributed by atoms with E-state index in [2.05, 4.69) is 4.98 Å². The Labute approximate surface area is 96.8 Å². The van der Waals surface area contributed by atoms with Crippen LogP contribution in [0.25, 0.3) is 0 Å². The summed E-state index contributed by atoms with van der Waals surface area (Å²) < 4.78 is 43.6. The average molecular weight is 243 g/mol. The maximum atomic E-state index is 12.6. The Balaban J connectivity index is 1.99. The van der Waals surface area contributed by atoms with Crippen molar-refractivity contribution in [3.05, 3.63) is 29.6 Å². The van der Waals surface area contributed by atoms with Crippen LogP contribution < -0.4 is 0 Å². The van der Waals surface area contributed by atoms with Gasteiger partial charge < -0.3 is 4.74 Å². The monoisotopic (exact) mass is 243 g/mol. The van der Waals surface area contributed by atoms with Crippen LogP contribution >= 0.6 is 0 Å². The van der Waals surface area contributed by atoms with Gasteiger partial charge in [-0.3, -0.25) is 4.98 Å². The number of alkyl halides is 3. The van der Waals surface area contributed by atoms with Crippen LogP contribution in [0.5, 0.6) is 0 Å². The SMILES string of the molecule is FC(F)(F)c1cc(C23CCC(CC2)O3)ccn1. The van der Waals surface area contributed by atoms with E-state index in [9.17, 15) is 13.2 Å². The number of fused-ring (bicyclic) bond motifs is 2. The third-order valence-corrected chi connectivity index (χ3v) is 3.71. The maximum Gasteiger partial charge on any atom is 0.433 e. The smallest absolute Gasteiger partial charge is 0.367 e. The van der Waals surface area contributed by atoms with Crippen LogP contribution in [-0.4, -0.2) is 11.1 Å². The molecule has 0 aromatic carbocycles. The first kappa shape index (κ1) is 11.0. The molecule has 0 radical (unpaired) electrons. The molecular weight excluding hydrogens is 231 g/mol. The Hall–Kier alpha value is -1.10. The Morgan fingerprint density at radius 1 is 1.29 bits per heavy atom. The zero-order chi connectivity index (χ0) is 12.1. The lowest BCUT2D eigenvalue weighted by atomic mass is 9.83. The van der Waals surface area contributed by atoms with Crippen LogP contribution in [0.2, 0.25) is 0 Å². The second-order valence-electron chi connectivity index (χ2n) is 4.74. The third kappa shape index (κ3) is 1.73. The van der Waals surface area contributed by atoms with Gasteiger partial charge in [0.1, 0.15) is 5.69 Å². The minimum Gasteiger partial charge on any atom is -0.367 e. The highest BCUT2D eigenvalue weighted by Gasteiger charge is 2.48. The third-order valence-electron chi connectivity index (χ3n) is 3.71. The largest absolute Gasteiger partial charge is 0.433 e. The van der Waals surface area contributed by atoms with Crippen LogP contribution in [0.15, 0.2) is 18.3 Å². The minimum absolute atomic E-state index is 0.234. The highest BCUT2D eigenvalue weighted by molar-refractivity contribution is 5.27. The minimum atomic E-state index is -4.39. The van der Waals surface area contributed by atoms with Crippen molar-refractivity contribution >= 4 is 0 Å². The van der Waals surface area contributed by atoms with Crippen molar-refractivity contribution in [1.29, 1.82) is 0 Å². The number of hydrogen-bond acceptors (Lipinski definition) is 2. The van der Waals surface area contributed by atoms with Crippen LogP contribution in [-0.2, 0) is 16.5 Å². The lowest BCUT2D eigenvalue weighted by Crippen LogP contribution is -2.22. The van der Waals surface area contributed by atoms with Crippen molar-refractivity contribution in [1.82, 2.24) is 4.98 Å². The van der Waals surface area contributed by atoms with E-state index in [0.717, 1.165) is 31.7 Å². The van der Waals surface area contributed by atoms with E-state index in [0.29, 0.717) is 5.56 Å². The molecule has 1 aromatic heterocycles. The predicted octanol–water partition coefficient (Wildman–Crippen LogP) is 3.27. The summed E-state index contributed by atoms with van der Waals surface area (Å²) in [4.78, 5) is 3.38. The summed E-state index contributed by atoms with van der Waals surface area (Å²) in [6, 6.07) is 2.77. The molecule has 2 bridgehead atoms. The number of nitrogens with zero attached hydrogens (tertiary/aromatic N) is 1. The average Bonchev–Trinajstić information content (AvgIpc) is 2.89. The van der Waals surface area contributed by atoms with E-state index in [1.165, 1.54) is 6.20 Å². The van der Waals surface area contributed by atoms with Crippen molar-refractivity contribution in [2.75, 3.05) is 0 Å². The molecule has 2 saturated heterocycles. The Morgan fingerprint density at radius 2 is 2.00 bits per heavy atom. The Kier molecular flexibility index (Phi) is 2.23. The maximum absolute atomic E-state index is 12.6. The highest BCUT2D eigenvalue weighted by atomic mass is 19.4. The molecule has 0 unspecified atom stereocenters. The van der Waals surface area contributed by atoms with E-state index in [4.69, 9.17) is 4.74 Å². The van der Waals surface area contributed by atoms with Gasteiger partial charge in [-0.1, -0.05) is 0 Å². The van der Waals surface area contributed by atoms with Crippen LogP contribution in [0.1, 0.15) is 36.9 Å². The van der Waals surface area contributed by atoms with E-state index in [-0.39, 0.29) is 6.10 Å². The molecule has 0 spiro atoms. The first-order valence-electron chi connectivity index (χ1n) is 5.71. The quantitative estimate of drug-likeness (QED) is 0.755. The topological polar surface area (TPSA) is 22.1 Å². The number of hydrogen-bond donors (Lipinski definition) is 0. The molecule has 2 nitrogen and oxygen atoms in total. The molecule has 17 heavy (non-hydrogen) atoms. The summed E-state index contributed by atoms with van der Waals surface area (Å²) in [5.74, 6) is 0. The van der Waals surface area contributed by atoms with Gasteiger partial charge in [-0.25, -0.2) is 0 Å². The molecule has 0 N–H and O–H groups in total. The van der Waals surface area contributed by atoms with E-state index in [1.54, 1.807) is 6.07 Å². The van der Waals surface area contributed by atoms with Gasteiger partial charge >= 0.3 is 6.18 Å². The fraction of sp³-hybridized carbons (Fsp3) is 0.583. The first-order valence-corrected chi connectivity index (χ1v) is 5.71. The molecule has 0 atom stereocenters. The zero-order valence-electron chi connectivity index (χ0n) is 9.13. The zero-order valence-corrected chi connectivity index (χ0v) is 9.13. The van der Waals surface area contributed by atoms with E-state index < -0.39 is 17.5 Å². The van der Waals surface area contributed by atoms with Gasteiger partial charge in [-0.15, -0.1) is 0 Å². The molecular formula is C12H12F3NO.